The molecular weight excluding hydrogens is 362 g/mol. The number of terminal acetylenes is 1. The van der Waals surface area contributed by atoms with Crippen LogP contribution in [0.2, 0.25) is 0 Å². The minimum atomic E-state index is -0.981. The zero-order valence-corrected chi connectivity index (χ0v) is 15.0. The van der Waals surface area contributed by atoms with E-state index in [0.717, 1.165) is 17.3 Å². The summed E-state index contributed by atoms with van der Waals surface area (Å²) in [7, 11) is 1.51. The SMILES string of the molecule is C#CCOc1ccc(/C=C2\SC(=S)N(CCC(=O)O)C2=O)cc1OC. The lowest BCUT2D eigenvalue weighted by Gasteiger charge is -2.12. The van der Waals surface area contributed by atoms with Crippen molar-refractivity contribution in [3.8, 4) is 23.8 Å². The van der Waals surface area contributed by atoms with E-state index in [-0.39, 0.29) is 25.5 Å². The molecule has 130 valence electrons. The first kappa shape index (κ1) is 18.8. The molecule has 0 unspecified atom stereocenters. The summed E-state index contributed by atoms with van der Waals surface area (Å²) in [6.45, 7) is 0.178. The number of ether oxygens (including phenoxy) is 2. The molecule has 25 heavy (non-hydrogen) atoms. The van der Waals surface area contributed by atoms with Crippen LogP contribution in [-0.2, 0) is 9.59 Å². The van der Waals surface area contributed by atoms with Gasteiger partial charge in [0.25, 0.3) is 5.91 Å². The van der Waals surface area contributed by atoms with E-state index in [9.17, 15) is 9.59 Å². The van der Waals surface area contributed by atoms with Gasteiger partial charge >= 0.3 is 5.97 Å². The zero-order valence-electron chi connectivity index (χ0n) is 13.4. The molecule has 1 aliphatic heterocycles. The highest BCUT2D eigenvalue weighted by Gasteiger charge is 2.32. The Morgan fingerprint density at radius 3 is 2.88 bits per heavy atom. The van der Waals surface area contributed by atoms with Crippen LogP contribution >= 0.6 is 24.0 Å². The van der Waals surface area contributed by atoms with E-state index in [4.69, 9.17) is 33.2 Å². The lowest BCUT2D eigenvalue weighted by molar-refractivity contribution is -0.137. The molecule has 0 bridgehead atoms. The minimum Gasteiger partial charge on any atom is -0.493 e. The Balaban J connectivity index is 2.20. The Hall–Kier alpha value is -2.50. The van der Waals surface area contributed by atoms with Gasteiger partial charge in [-0.25, -0.2) is 0 Å². The number of amides is 1. The van der Waals surface area contributed by atoms with Crippen LogP contribution < -0.4 is 9.47 Å². The fourth-order valence-corrected chi connectivity index (χ4v) is 3.37. The summed E-state index contributed by atoms with van der Waals surface area (Å²) in [6.07, 6.45) is 6.69. The average Bonchev–Trinajstić information content (AvgIpc) is 2.85. The Morgan fingerprint density at radius 1 is 1.48 bits per heavy atom. The van der Waals surface area contributed by atoms with Gasteiger partial charge in [-0.3, -0.25) is 14.5 Å². The second-order valence-electron chi connectivity index (χ2n) is 4.88. The molecule has 1 N–H and O–H groups in total. The standard InChI is InChI=1S/C17H15NO5S2/c1-3-8-23-12-5-4-11(9-13(12)22-2)10-14-16(21)18(17(24)25-14)7-6-15(19)20/h1,4-5,9-10H,6-8H2,2H3,(H,19,20)/b14-10-. The summed E-state index contributed by atoms with van der Waals surface area (Å²) in [5.74, 6) is 2.09. The molecular formula is C17H15NO5S2. The highest BCUT2D eigenvalue weighted by atomic mass is 32.2. The van der Waals surface area contributed by atoms with Crippen molar-refractivity contribution in [1.82, 2.24) is 4.90 Å². The van der Waals surface area contributed by atoms with Crippen molar-refractivity contribution in [2.45, 2.75) is 6.42 Å². The van der Waals surface area contributed by atoms with Gasteiger partial charge < -0.3 is 14.6 Å². The van der Waals surface area contributed by atoms with Crippen LogP contribution in [-0.4, -0.2) is 46.5 Å². The maximum absolute atomic E-state index is 12.4. The molecule has 6 nitrogen and oxygen atoms in total. The van der Waals surface area contributed by atoms with Crippen molar-refractivity contribution in [3.63, 3.8) is 0 Å². The lowest BCUT2D eigenvalue weighted by atomic mass is 10.2. The number of aliphatic carboxylic acids is 1. The third kappa shape index (κ3) is 4.75. The van der Waals surface area contributed by atoms with Crippen LogP contribution in [0.5, 0.6) is 11.5 Å². The average molecular weight is 377 g/mol. The predicted octanol–water partition coefficient (Wildman–Crippen LogP) is 2.38. The Morgan fingerprint density at radius 2 is 2.24 bits per heavy atom. The number of thiocarbonyl (C=S) groups is 1. The highest BCUT2D eigenvalue weighted by Crippen LogP contribution is 2.34. The van der Waals surface area contributed by atoms with E-state index in [1.54, 1.807) is 24.3 Å². The Bertz CT molecular complexity index is 782. The number of nitrogens with zero attached hydrogens (tertiary/aromatic N) is 1. The second-order valence-corrected chi connectivity index (χ2v) is 6.56. The Kier molecular flexibility index (Phi) is 6.44. The molecule has 0 aliphatic carbocycles. The van der Waals surface area contributed by atoms with Crippen molar-refractivity contribution in [2.75, 3.05) is 20.3 Å². The van der Waals surface area contributed by atoms with Crippen molar-refractivity contribution < 1.29 is 24.2 Å². The van der Waals surface area contributed by atoms with Gasteiger partial charge in [-0.15, -0.1) is 6.42 Å². The lowest BCUT2D eigenvalue weighted by Crippen LogP contribution is -2.30. The first-order valence-electron chi connectivity index (χ1n) is 7.17. The van der Waals surface area contributed by atoms with E-state index < -0.39 is 5.97 Å². The number of carbonyl (C=O) groups is 2. The van der Waals surface area contributed by atoms with E-state index in [0.29, 0.717) is 20.7 Å². The molecule has 0 saturated carbocycles. The molecule has 0 aromatic heterocycles. The highest BCUT2D eigenvalue weighted by molar-refractivity contribution is 8.26. The predicted molar refractivity (Wildman–Crippen MR) is 99.5 cm³/mol. The molecule has 0 atom stereocenters. The number of carboxylic acid groups (broad SMARTS) is 1. The number of hydrogen-bond donors (Lipinski definition) is 1. The number of rotatable bonds is 7. The van der Waals surface area contributed by atoms with E-state index in [2.05, 4.69) is 5.92 Å². The topological polar surface area (TPSA) is 76.1 Å². The van der Waals surface area contributed by atoms with Crippen molar-refractivity contribution in [1.29, 1.82) is 0 Å². The van der Waals surface area contributed by atoms with Crippen molar-refractivity contribution >= 4 is 46.3 Å². The van der Waals surface area contributed by atoms with Crippen molar-refractivity contribution in [3.05, 3.63) is 28.7 Å². The number of thioether (sulfide) groups is 1. The van der Waals surface area contributed by atoms with Crippen LogP contribution in [0.4, 0.5) is 0 Å². The molecule has 1 saturated heterocycles. The van der Waals surface area contributed by atoms with E-state index in [1.165, 1.54) is 12.0 Å². The number of carboxylic acids is 1. The van der Waals surface area contributed by atoms with Crippen molar-refractivity contribution in [2.24, 2.45) is 0 Å². The van der Waals surface area contributed by atoms with Crippen LogP contribution in [0.3, 0.4) is 0 Å². The number of methoxy groups -OCH3 is 1. The first-order valence-corrected chi connectivity index (χ1v) is 8.40. The molecule has 1 fully saturated rings. The van der Waals surface area contributed by atoms with Gasteiger partial charge in [-0.2, -0.15) is 0 Å². The third-order valence-electron chi connectivity index (χ3n) is 3.22. The zero-order chi connectivity index (χ0) is 18.4. The summed E-state index contributed by atoms with van der Waals surface area (Å²) < 4.78 is 11.0. The normalized spacial score (nSPS) is 15.4. The monoisotopic (exact) mass is 377 g/mol. The molecule has 1 aromatic carbocycles. The summed E-state index contributed by atoms with van der Waals surface area (Å²) in [5, 5.41) is 8.75. The smallest absolute Gasteiger partial charge is 0.305 e. The summed E-state index contributed by atoms with van der Waals surface area (Å²) in [5.41, 5.74) is 0.726. The van der Waals surface area contributed by atoms with Gasteiger partial charge in [0.15, 0.2) is 11.5 Å². The van der Waals surface area contributed by atoms with Gasteiger partial charge in [0, 0.05) is 6.54 Å². The van der Waals surface area contributed by atoms with Gasteiger partial charge in [0.1, 0.15) is 10.9 Å². The molecule has 2 rings (SSSR count). The molecule has 0 spiro atoms. The van der Waals surface area contributed by atoms with Gasteiger partial charge in [-0.05, 0) is 23.8 Å². The van der Waals surface area contributed by atoms with E-state index in [1.807, 2.05) is 0 Å². The molecule has 8 heteroatoms. The fraction of sp³-hybridized carbons (Fsp3) is 0.235. The van der Waals surface area contributed by atoms with E-state index >= 15 is 0 Å². The van der Waals surface area contributed by atoms with Crippen LogP contribution in [0.15, 0.2) is 23.1 Å². The van der Waals surface area contributed by atoms with Gasteiger partial charge in [0.05, 0.1) is 18.4 Å². The Labute approximate surface area is 154 Å². The van der Waals surface area contributed by atoms with Crippen LogP contribution in [0.25, 0.3) is 6.08 Å². The molecule has 1 amide bonds. The summed E-state index contributed by atoms with van der Waals surface area (Å²) in [6, 6.07) is 5.18. The summed E-state index contributed by atoms with van der Waals surface area (Å²) in [4.78, 5) is 24.8. The second kappa shape index (κ2) is 8.55. The first-order chi connectivity index (χ1) is 12.0. The van der Waals surface area contributed by atoms with Gasteiger partial charge in [-0.1, -0.05) is 36.0 Å². The maximum Gasteiger partial charge on any atom is 0.305 e. The van der Waals surface area contributed by atoms with Crippen LogP contribution in [0.1, 0.15) is 12.0 Å². The van der Waals surface area contributed by atoms with Crippen LogP contribution in [0, 0.1) is 12.3 Å². The summed E-state index contributed by atoms with van der Waals surface area (Å²) >= 11 is 6.29. The molecule has 1 aromatic rings. The fourth-order valence-electron chi connectivity index (χ4n) is 2.06. The number of carbonyl (C=O) groups excluding carboxylic acids is 1. The number of hydrogen-bond acceptors (Lipinski definition) is 6. The molecule has 0 radical (unpaired) electrons. The third-order valence-corrected chi connectivity index (χ3v) is 4.60. The largest absolute Gasteiger partial charge is 0.493 e. The molecule has 1 heterocycles. The van der Waals surface area contributed by atoms with Gasteiger partial charge in [0.2, 0.25) is 0 Å². The number of benzene rings is 1. The minimum absolute atomic E-state index is 0.0551. The molecule has 1 aliphatic rings. The quantitative estimate of drug-likeness (QED) is 0.444. The maximum atomic E-state index is 12.4.